The molecule has 26 heavy (non-hydrogen) atoms. The second-order valence-electron chi connectivity index (χ2n) is 6.59. The normalized spacial score (nSPS) is 13.7. The second kappa shape index (κ2) is 6.29. The van der Waals surface area contributed by atoms with Crippen LogP contribution in [-0.4, -0.2) is 22.2 Å². The highest BCUT2D eigenvalue weighted by Crippen LogP contribution is 2.31. The Hall–Kier alpha value is -3.15. The van der Waals surface area contributed by atoms with Gasteiger partial charge in [-0.15, -0.1) is 0 Å². The van der Waals surface area contributed by atoms with E-state index in [-0.39, 0.29) is 17.9 Å². The molecule has 0 bridgehead atoms. The quantitative estimate of drug-likeness (QED) is 0.719. The molecule has 1 amide bonds. The zero-order valence-corrected chi connectivity index (χ0v) is 14.6. The van der Waals surface area contributed by atoms with Crippen LogP contribution in [0.5, 0.6) is 0 Å². The number of rotatable bonds is 2. The number of aryl methyl sites for hydroxylation is 1. The predicted molar refractivity (Wildman–Crippen MR) is 102 cm³/mol. The molecule has 0 saturated carbocycles. The van der Waals surface area contributed by atoms with Gasteiger partial charge in [-0.1, -0.05) is 24.3 Å². The van der Waals surface area contributed by atoms with Crippen LogP contribution in [0.1, 0.15) is 17.7 Å². The molecule has 6 heteroatoms. The van der Waals surface area contributed by atoms with Crippen LogP contribution in [0.3, 0.4) is 0 Å². The minimum absolute atomic E-state index is 0.0344. The first kappa shape index (κ1) is 16.3. The number of fused-ring (bicyclic) bond motifs is 2. The third kappa shape index (κ3) is 2.63. The van der Waals surface area contributed by atoms with E-state index in [0.717, 1.165) is 35.2 Å². The molecule has 1 aromatic heterocycles. The Morgan fingerprint density at radius 2 is 1.92 bits per heavy atom. The lowest BCUT2D eigenvalue weighted by molar-refractivity contribution is -0.118. The fourth-order valence-corrected chi connectivity index (χ4v) is 3.66. The zero-order chi connectivity index (χ0) is 18.3. The molecule has 0 atom stereocenters. The number of aromatic nitrogens is 2. The van der Waals surface area contributed by atoms with Crippen LogP contribution < -0.4 is 16.2 Å². The lowest BCUT2D eigenvalue weighted by Gasteiger charge is -2.30. The summed E-state index contributed by atoms with van der Waals surface area (Å²) in [6.45, 7) is 0.666. The Morgan fingerprint density at radius 3 is 2.73 bits per heavy atom. The summed E-state index contributed by atoms with van der Waals surface area (Å²) in [5.74, 6) is -0.0344. The topological polar surface area (TPSA) is 81.2 Å². The Labute approximate surface area is 150 Å². The van der Waals surface area contributed by atoms with Crippen molar-refractivity contribution >= 4 is 28.1 Å². The van der Waals surface area contributed by atoms with E-state index in [2.05, 4.69) is 5.10 Å². The van der Waals surface area contributed by atoms with E-state index in [1.807, 2.05) is 36.4 Å². The highest BCUT2D eigenvalue weighted by atomic mass is 16.2. The van der Waals surface area contributed by atoms with Crippen molar-refractivity contribution in [2.45, 2.75) is 19.3 Å². The molecule has 3 aromatic rings. The number of benzene rings is 2. The monoisotopic (exact) mass is 348 g/mol. The summed E-state index contributed by atoms with van der Waals surface area (Å²) in [4.78, 5) is 27.1. The summed E-state index contributed by atoms with van der Waals surface area (Å²) in [6, 6.07) is 13.0. The van der Waals surface area contributed by atoms with Crippen molar-refractivity contribution in [3.05, 3.63) is 64.1 Å². The van der Waals surface area contributed by atoms with Gasteiger partial charge in [-0.2, -0.15) is 5.10 Å². The maximum atomic E-state index is 13.0. The number of nitrogens with zero attached hydrogens (tertiary/aromatic N) is 3. The number of carbonyl (C=O) groups excluding carboxylic acids is 1. The standard InChI is InChI=1S/C20H20N4O2/c1-23-20(26)14-7-3-2-6-13(14)17(22-23)12-19(25)24-11-5-8-15-16(21)9-4-10-18(15)24/h2-4,6-7,9-10H,5,8,11-12,21H2,1H3. The van der Waals surface area contributed by atoms with Crippen LogP contribution in [-0.2, 0) is 24.7 Å². The van der Waals surface area contributed by atoms with Gasteiger partial charge in [0, 0.05) is 30.4 Å². The molecule has 2 N–H and O–H groups in total. The SMILES string of the molecule is Cn1nc(CC(=O)N2CCCc3c(N)cccc32)c2ccccc2c1=O. The van der Waals surface area contributed by atoms with Crippen molar-refractivity contribution < 1.29 is 4.79 Å². The van der Waals surface area contributed by atoms with Crippen molar-refractivity contribution in [2.75, 3.05) is 17.2 Å². The van der Waals surface area contributed by atoms with Crippen LogP contribution in [0.2, 0.25) is 0 Å². The summed E-state index contributed by atoms with van der Waals surface area (Å²) in [7, 11) is 1.61. The fraction of sp³-hybridized carbons (Fsp3) is 0.250. The number of nitrogens with two attached hydrogens (primary N) is 1. The van der Waals surface area contributed by atoms with E-state index in [4.69, 9.17) is 5.73 Å². The molecule has 2 aromatic carbocycles. The van der Waals surface area contributed by atoms with E-state index in [1.165, 1.54) is 4.68 Å². The third-order valence-corrected chi connectivity index (χ3v) is 4.94. The van der Waals surface area contributed by atoms with E-state index in [0.29, 0.717) is 17.6 Å². The van der Waals surface area contributed by atoms with Crippen LogP contribution in [0.4, 0.5) is 11.4 Å². The Kier molecular flexibility index (Phi) is 3.95. The highest BCUT2D eigenvalue weighted by molar-refractivity contribution is 5.98. The fourth-order valence-electron chi connectivity index (χ4n) is 3.66. The number of anilines is 2. The summed E-state index contributed by atoms with van der Waals surface area (Å²) in [5, 5.41) is 5.65. The number of carbonyl (C=O) groups is 1. The van der Waals surface area contributed by atoms with Crippen LogP contribution >= 0.6 is 0 Å². The van der Waals surface area contributed by atoms with Gasteiger partial charge in [0.2, 0.25) is 5.91 Å². The number of hydrogen-bond acceptors (Lipinski definition) is 4. The first-order valence-corrected chi connectivity index (χ1v) is 8.69. The Balaban J connectivity index is 1.73. The first-order valence-electron chi connectivity index (χ1n) is 8.69. The summed E-state index contributed by atoms with van der Waals surface area (Å²) in [6.07, 6.45) is 1.91. The minimum atomic E-state index is -0.159. The van der Waals surface area contributed by atoms with E-state index < -0.39 is 0 Å². The number of amides is 1. The van der Waals surface area contributed by atoms with Gasteiger partial charge < -0.3 is 10.6 Å². The molecule has 0 radical (unpaired) electrons. The summed E-state index contributed by atoms with van der Waals surface area (Å²) < 4.78 is 1.30. The molecule has 0 saturated heterocycles. The largest absolute Gasteiger partial charge is 0.398 e. The molecule has 6 nitrogen and oxygen atoms in total. The molecule has 0 spiro atoms. The smallest absolute Gasteiger partial charge is 0.274 e. The molecular formula is C20H20N4O2. The van der Waals surface area contributed by atoms with E-state index in [1.54, 1.807) is 18.0 Å². The third-order valence-electron chi connectivity index (χ3n) is 4.94. The second-order valence-corrected chi connectivity index (χ2v) is 6.59. The van der Waals surface area contributed by atoms with Gasteiger partial charge in [0.1, 0.15) is 0 Å². The van der Waals surface area contributed by atoms with Gasteiger partial charge in [0.05, 0.1) is 17.5 Å². The van der Waals surface area contributed by atoms with Gasteiger partial charge in [-0.3, -0.25) is 9.59 Å². The lowest BCUT2D eigenvalue weighted by atomic mass is 9.99. The van der Waals surface area contributed by atoms with Crippen LogP contribution in [0.25, 0.3) is 10.8 Å². The maximum Gasteiger partial charge on any atom is 0.274 e. The Bertz CT molecular complexity index is 1070. The van der Waals surface area contributed by atoms with Crippen molar-refractivity contribution in [3.63, 3.8) is 0 Å². The summed E-state index contributed by atoms with van der Waals surface area (Å²) in [5.41, 5.74) is 9.18. The van der Waals surface area contributed by atoms with Gasteiger partial charge in [-0.25, -0.2) is 4.68 Å². The van der Waals surface area contributed by atoms with Crippen LogP contribution in [0, 0.1) is 0 Å². The minimum Gasteiger partial charge on any atom is -0.398 e. The lowest BCUT2D eigenvalue weighted by Crippen LogP contribution is -2.37. The molecule has 1 aliphatic rings. The maximum absolute atomic E-state index is 13.0. The molecule has 1 aliphatic heterocycles. The molecule has 4 rings (SSSR count). The average Bonchev–Trinajstić information content (AvgIpc) is 2.66. The predicted octanol–water partition coefficient (Wildman–Crippen LogP) is 2.04. The average molecular weight is 348 g/mol. The van der Waals surface area contributed by atoms with Gasteiger partial charge >= 0.3 is 0 Å². The number of nitrogen functional groups attached to an aromatic ring is 1. The first-order chi connectivity index (χ1) is 12.6. The molecule has 132 valence electrons. The molecule has 0 aliphatic carbocycles. The van der Waals surface area contributed by atoms with Crippen molar-refractivity contribution in [3.8, 4) is 0 Å². The van der Waals surface area contributed by atoms with Crippen molar-refractivity contribution in [1.82, 2.24) is 9.78 Å². The van der Waals surface area contributed by atoms with Crippen molar-refractivity contribution in [2.24, 2.45) is 7.05 Å². The Morgan fingerprint density at radius 1 is 1.15 bits per heavy atom. The van der Waals surface area contributed by atoms with Crippen molar-refractivity contribution in [1.29, 1.82) is 0 Å². The summed E-state index contributed by atoms with van der Waals surface area (Å²) >= 11 is 0. The van der Waals surface area contributed by atoms with Gasteiger partial charge in [0.15, 0.2) is 0 Å². The molecule has 2 heterocycles. The van der Waals surface area contributed by atoms with E-state index in [9.17, 15) is 9.59 Å². The number of hydrogen-bond donors (Lipinski definition) is 1. The van der Waals surface area contributed by atoms with Gasteiger partial charge in [0.25, 0.3) is 5.56 Å². The van der Waals surface area contributed by atoms with Gasteiger partial charge in [-0.05, 0) is 36.6 Å². The highest BCUT2D eigenvalue weighted by Gasteiger charge is 2.25. The molecule has 0 unspecified atom stereocenters. The van der Waals surface area contributed by atoms with E-state index >= 15 is 0 Å². The molecule has 0 fully saturated rings. The zero-order valence-electron chi connectivity index (χ0n) is 14.6. The van der Waals surface area contributed by atoms with Crippen LogP contribution in [0.15, 0.2) is 47.3 Å². The molecular weight excluding hydrogens is 328 g/mol.